The Bertz CT molecular complexity index is 1170. The molecule has 0 aliphatic carbocycles. The Morgan fingerprint density at radius 1 is 1.00 bits per heavy atom. The van der Waals surface area contributed by atoms with Crippen molar-refractivity contribution in [1.29, 1.82) is 0 Å². The third-order valence-corrected chi connectivity index (χ3v) is 6.87. The topological polar surface area (TPSA) is 45.2 Å². The van der Waals surface area contributed by atoms with Crippen LogP contribution in [0.15, 0.2) is 65.5 Å². The van der Waals surface area contributed by atoms with Gasteiger partial charge in [0.25, 0.3) is 0 Å². The maximum atomic E-state index is 12.8. The Labute approximate surface area is 171 Å². The fraction of sp³-hybridized carbons (Fsp3) is 0.182. The van der Waals surface area contributed by atoms with Gasteiger partial charge >= 0.3 is 0 Å². The van der Waals surface area contributed by atoms with E-state index < -0.39 is 0 Å². The Balaban J connectivity index is 1.43. The van der Waals surface area contributed by atoms with E-state index in [9.17, 15) is 4.79 Å². The number of aromatic nitrogens is 1. The Morgan fingerprint density at radius 2 is 1.75 bits per heavy atom. The molecule has 2 aromatic carbocycles. The number of nitrogens with zero attached hydrogens (tertiary/aromatic N) is 2. The number of thiophene rings is 1. The van der Waals surface area contributed by atoms with E-state index in [1.807, 2.05) is 36.4 Å². The highest BCUT2D eigenvalue weighted by atomic mass is 32.1. The molecule has 1 N–H and O–H groups in total. The van der Waals surface area contributed by atoms with Crippen LogP contribution < -0.4 is 10.1 Å². The average molecular weight is 406 g/mol. The first-order valence-corrected chi connectivity index (χ1v) is 10.9. The summed E-state index contributed by atoms with van der Waals surface area (Å²) in [5.41, 5.74) is 3.48. The molecule has 5 rings (SSSR count). The second-order valence-corrected chi connectivity index (χ2v) is 8.97. The normalized spacial score (nSPS) is 14.1. The van der Waals surface area contributed by atoms with Gasteiger partial charge in [0.1, 0.15) is 4.83 Å². The van der Waals surface area contributed by atoms with Crippen molar-refractivity contribution >= 4 is 43.7 Å². The lowest BCUT2D eigenvalue weighted by atomic mass is 10.1. The third kappa shape index (κ3) is 3.46. The van der Waals surface area contributed by atoms with Gasteiger partial charge in [-0.1, -0.05) is 59.9 Å². The predicted octanol–water partition coefficient (Wildman–Crippen LogP) is 5.02. The molecule has 140 valence electrons. The molecule has 4 nitrogen and oxygen atoms in total. The molecule has 0 spiro atoms. The summed E-state index contributed by atoms with van der Waals surface area (Å²) in [6.45, 7) is 2.80. The van der Waals surface area contributed by atoms with Crippen LogP contribution in [0.25, 0.3) is 10.2 Å². The van der Waals surface area contributed by atoms with E-state index >= 15 is 0 Å². The number of para-hydroxylation sites is 1. The summed E-state index contributed by atoms with van der Waals surface area (Å²) in [4.78, 5) is 22.2. The Hall–Kier alpha value is -2.54. The van der Waals surface area contributed by atoms with Crippen LogP contribution in [-0.2, 0) is 19.5 Å². The molecular weight excluding hydrogens is 386 g/mol. The second kappa shape index (κ2) is 7.47. The van der Waals surface area contributed by atoms with Gasteiger partial charge in [-0.2, -0.15) is 0 Å². The summed E-state index contributed by atoms with van der Waals surface area (Å²) in [5, 5.41) is 4.75. The van der Waals surface area contributed by atoms with Gasteiger partial charge < -0.3 is 5.32 Å². The van der Waals surface area contributed by atoms with Crippen LogP contribution in [-0.4, -0.2) is 16.4 Å². The van der Waals surface area contributed by atoms with Crippen molar-refractivity contribution < 1.29 is 0 Å². The molecule has 4 aromatic rings. The van der Waals surface area contributed by atoms with Gasteiger partial charge in [-0.25, -0.2) is 4.98 Å². The van der Waals surface area contributed by atoms with Crippen LogP contribution in [0.1, 0.15) is 16.0 Å². The van der Waals surface area contributed by atoms with E-state index in [2.05, 4.69) is 34.5 Å². The molecule has 0 fully saturated rings. The number of fused-ring (bicyclic) bond motifs is 3. The second-order valence-electron chi connectivity index (χ2n) is 6.93. The number of benzene rings is 2. The fourth-order valence-electron chi connectivity index (χ4n) is 3.66. The van der Waals surface area contributed by atoms with Gasteiger partial charge in [-0.05, 0) is 29.7 Å². The predicted molar refractivity (Wildman–Crippen MR) is 118 cm³/mol. The minimum absolute atomic E-state index is 0.109. The van der Waals surface area contributed by atoms with Gasteiger partial charge in [0.2, 0.25) is 4.74 Å². The first-order chi connectivity index (χ1) is 13.8. The van der Waals surface area contributed by atoms with E-state index in [-0.39, 0.29) is 4.74 Å². The Kier molecular flexibility index (Phi) is 4.68. The summed E-state index contributed by atoms with van der Waals surface area (Å²) >= 11 is 2.86. The van der Waals surface area contributed by atoms with E-state index in [4.69, 9.17) is 4.98 Å². The van der Waals surface area contributed by atoms with Crippen molar-refractivity contribution in [2.24, 2.45) is 0 Å². The lowest BCUT2D eigenvalue weighted by molar-refractivity contribution is 0.249. The summed E-state index contributed by atoms with van der Waals surface area (Å²) in [6, 6.07) is 20.4. The van der Waals surface area contributed by atoms with Crippen molar-refractivity contribution in [3.8, 4) is 0 Å². The highest BCUT2D eigenvalue weighted by Crippen LogP contribution is 2.34. The molecule has 1 aliphatic heterocycles. The van der Waals surface area contributed by atoms with Gasteiger partial charge in [-0.15, -0.1) is 11.3 Å². The largest absolute Gasteiger partial charge is 0.331 e. The van der Waals surface area contributed by atoms with Crippen molar-refractivity contribution in [1.82, 2.24) is 9.88 Å². The van der Waals surface area contributed by atoms with Crippen LogP contribution in [0.5, 0.6) is 0 Å². The van der Waals surface area contributed by atoms with Crippen molar-refractivity contribution in [3.05, 3.63) is 86.2 Å². The van der Waals surface area contributed by atoms with Gasteiger partial charge in [0, 0.05) is 30.2 Å². The standard InChI is InChI=1S/C22H19N3OS2/c26-21-19-17-11-12-25(13-15-7-3-1-4-8-15)14-18(17)27-20(19)24-22(28-21)23-16-9-5-2-6-10-16/h1-10H,11-14H2,(H,23,24). The minimum atomic E-state index is 0.109. The number of anilines is 2. The summed E-state index contributed by atoms with van der Waals surface area (Å²) < 4.78 is 0.109. The summed E-state index contributed by atoms with van der Waals surface area (Å²) in [6.07, 6.45) is 0.914. The highest BCUT2D eigenvalue weighted by molar-refractivity contribution is 7.20. The zero-order valence-electron chi connectivity index (χ0n) is 15.2. The number of rotatable bonds is 4. The minimum Gasteiger partial charge on any atom is -0.331 e. The first-order valence-electron chi connectivity index (χ1n) is 9.30. The molecule has 0 unspecified atom stereocenters. The molecule has 3 heterocycles. The first kappa shape index (κ1) is 17.6. The molecule has 0 radical (unpaired) electrons. The molecule has 0 saturated heterocycles. The van der Waals surface area contributed by atoms with Crippen LogP contribution in [0, 0.1) is 0 Å². The fourth-order valence-corrected chi connectivity index (χ4v) is 5.85. The molecule has 1 aliphatic rings. The van der Waals surface area contributed by atoms with E-state index in [1.165, 1.54) is 27.3 Å². The molecule has 0 bridgehead atoms. The number of hydrogen-bond acceptors (Lipinski definition) is 6. The quantitative estimate of drug-likeness (QED) is 0.518. The van der Waals surface area contributed by atoms with E-state index in [0.29, 0.717) is 5.13 Å². The molecule has 2 aromatic heterocycles. The Morgan fingerprint density at radius 3 is 2.54 bits per heavy atom. The zero-order valence-corrected chi connectivity index (χ0v) is 16.9. The third-order valence-electron chi connectivity index (χ3n) is 4.99. The van der Waals surface area contributed by atoms with E-state index in [1.54, 1.807) is 11.3 Å². The number of nitrogens with one attached hydrogen (secondary N) is 1. The average Bonchev–Trinajstić information content (AvgIpc) is 3.07. The monoisotopic (exact) mass is 405 g/mol. The van der Waals surface area contributed by atoms with Gasteiger partial charge in [-0.3, -0.25) is 9.69 Å². The summed E-state index contributed by atoms with van der Waals surface area (Å²) in [5.74, 6) is 0. The number of hydrogen-bond donors (Lipinski definition) is 1. The van der Waals surface area contributed by atoms with Crippen molar-refractivity contribution in [2.75, 3.05) is 11.9 Å². The van der Waals surface area contributed by atoms with Crippen molar-refractivity contribution in [2.45, 2.75) is 19.5 Å². The molecule has 6 heteroatoms. The van der Waals surface area contributed by atoms with Gasteiger partial charge in [0.15, 0.2) is 5.13 Å². The maximum Gasteiger partial charge on any atom is 0.246 e. The maximum absolute atomic E-state index is 12.8. The van der Waals surface area contributed by atoms with Crippen LogP contribution in [0.3, 0.4) is 0 Å². The van der Waals surface area contributed by atoms with Crippen LogP contribution in [0.2, 0.25) is 0 Å². The van der Waals surface area contributed by atoms with Crippen LogP contribution in [0.4, 0.5) is 10.8 Å². The summed E-state index contributed by atoms with van der Waals surface area (Å²) in [7, 11) is 0. The molecule has 0 saturated carbocycles. The van der Waals surface area contributed by atoms with Gasteiger partial charge in [0.05, 0.1) is 5.39 Å². The smallest absolute Gasteiger partial charge is 0.246 e. The lowest BCUT2D eigenvalue weighted by Crippen LogP contribution is -2.29. The molecule has 0 atom stereocenters. The van der Waals surface area contributed by atoms with Crippen LogP contribution >= 0.6 is 22.7 Å². The van der Waals surface area contributed by atoms with E-state index in [0.717, 1.165) is 42.0 Å². The molecule has 0 amide bonds. The molecule has 28 heavy (non-hydrogen) atoms. The lowest BCUT2D eigenvalue weighted by Gasteiger charge is -2.26. The highest BCUT2D eigenvalue weighted by Gasteiger charge is 2.24. The molecular formula is C22H19N3OS2. The SMILES string of the molecule is O=c1sc(Nc2ccccc2)nc2sc3c(c12)CCN(Cc1ccccc1)C3. The van der Waals surface area contributed by atoms with Crippen molar-refractivity contribution in [3.63, 3.8) is 0 Å². The zero-order chi connectivity index (χ0) is 18.9.